The van der Waals surface area contributed by atoms with Crippen LogP contribution >= 0.6 is 11.8 Å². The zero-order valence-corrected chi connectivity index (χ0v) is 18.1. The Hall–Kier alpha value is -3.08. The summed E-state index contributed by atoms with van der Waals surface area (Å²) in [5.74, 6) is -0.131. The normalized spacial score (nSPS) is 16.6. The first-order valence-corrected chi connectivity index (χ1v) is 11.2. The van der Waals surface area contributed by atoms with Crippen LogP contribution < -0.4 is 5.32 Å². The summed E-state index contributed by atoms with van der Waals surface area (Å²) < 4.78 is 8.02. The van der Waals surface area contributed by atoms with Crippen LogP contribution in [0.15, 0.2) is 66.0 Å². The van der Waals surface area contributed by atoms with Gasteiger partial charge in [-0.3, -0.25) is 4.79 Å². The highest BCUT2D eigenvalue weighted by Gasteiger charge is 2.23. The Morgan fingerprint density at radius 2 is 2.16 bits per heavy atom. The van der Waals surface area contributed by atoms with Crippen LogP contribution in [0.25, 0.3) is 11.3 Å². The van der Waals surface area contributed by atoms with Crippen LogP contribution in [-0.2, 0) is 16.1 Å². The predicted octanol–water partition coefficient (Wildman–Crippen LogP) is 4.72. The van der Waals surface area contributed by atoms with E-state index in [1.165, 1.54) is 11.8 Å². The van der Waals surface area contributed by atoms with Gasteiger partial charge in [-0.05, 0) is 43.5 Å². The number of benzene rings is 2. The SMILES string of the molecule is CC(Sc1ncc(-c2ccccc2)n1CC1CCCO1)C(=O)Nc1cccc(C#N)c1. The summed E-state index contributed by atoms with van der Waals surface area (Å²) in [6.07, 6.45) is 4.13. The Morgan fingerprint density at radius 3 is 2.90 bits per heavy atom. The van der Waals surface area contributed by atoms with E-state index in [4.69, 9.17) is 10.00 Å². The summed E-state index contributed by atoms with van der Waals surface area (Å²) in [5, 5.41) is 12.4. The number of nitrogens with zero attached hydrogens (tertiary/aromatic N) is 3. The molecule has 0 bridgehead atoms. The minimum Gasteiger partial charge on any atom is -0.376 e. The molecule has 1 N–H and O–H groups in total. The number of nitrogens with one attached hydrogen (secondary N) is 1. The van der Waals surface area contributed by atoms with Gasteiger partial charge in [0.2, 0.25) is 5.91 Å². The van der Waals surface area contributed by atoms with E-state index in [9.17, 15) is 4.79 Å². The van der Waals surface area contributed by atoms with Gasteiger partial charge in [0.1, 0.15) is 0 Å². The van der Waals surface area contributed by atoms with Crippen molar-refractivity contribution in [2.24, 2.45) is 0 Å². The fourth-order valence-corrected chi connectivity index (χ4v) is 4.48. The van der Waals surface area contributed by atoms with E-state index in [1.807, 2.05) is 31.3 Å². The lowest BCUT2D eigenvalue weighted by molar-refractivity contribution is -0.115. The third-order valence-electron chi connectivity index (χ3n) is 5.21. The second-order valence-electron chi connectivity index (χ2n) is 7.48. The number of anilines is 1. The summed E-state index contributed by atoms with van der Waals surface area (Å²) in [5.41, 5.74) is 3.24. The predicted molar refractivity (Wildman–Crippen MR) is 122 cm³/mol. The number of hydrogen-bond acceptors (Lipinski definition) is 5. The molecule has 0 spiro atoms. The zero-order valence-electron chi connectivity index (χ0n) is 17.3. The molecule has 158 valence electrons. The van der Waals surface area contributed by atoms with Gasteiger partial charge in [0.25, 0.3) is 0 Å². The van der Waals surface area contributed by atoms with Crippen LogP contribution in [0.2, 0.25) is 0 Å². The second-order valence-corrected chi connectivity index (χ2v) is 8.79. The van der Waals surface area contributed by atoms with Gasteiger partial charge in [-0.25, -0.2) is 4.98 Å². The van der Waals surface area contributed by atoms with Crippen LogP contribution in [0.5, 0.6) is 0 Å². The minimum atomic E-state index is -0.361. The third kappa shape index (κ3) is 5.16. The van der Waals surface area contributed by atoms with Crippen molar-refractivity contribution in [3.63, 3.8) is 0 Å². The average molecular weight is 433 g/mol. The number of carbonyl (C=O) groups excluding carboxylic acids is 1. The van der Waals surface area contributed by atoms with Crippen molar-refractivity contribution in [2.45, 2.75) is 42.8 Å². The average Bonchev–Trinajstić information content (AvgIpc) is 3.45. The molecule has 2 atom stereocenters. The Kier molecular flexibility index (Phi) is 6.70. The molecule has 1 amide bonds. The van der Waals surface area contributed by atoms with Crippen LogP contribution in [0, 0.1) is 11.3 Å². The van der Waals surface area contributed by atoms with Crippen molar-refractivity contribution < 1.29 is 9.53 Å². The number of hydrogen-bond donors (Lipinski definition) is 1. The molecule has 0 aliphatic carbocycles. The van der Waals surface area contributed by atoms with E-state index in [0.717, 1.165) is 35.9 Å². The smallest absolute Gasteiger partial charge is 0.237 e. The van der Waals surface area contributed by atoms with Crippen molar-refractivity contribution in [1.82, 2.24) is 9.55 Å². The summed E-state index contributed by atoms with van der Waals surface area (Å²) in [4.78, 5) is 17.4. The Labute approximate surface area is 186 Å². The highest BCUT2D eigenvalue weighted by molar-refractivity contribution is 8.00. The first-order chi connectivity index (χ1) is 15.1. The molecule has 1 saturated heterocycles. The highest BCUT2D eigenvalue weighted by atomic mass is 32.2. The standard InChI is InChI=1S/C24H24N4O2S/c1-17(23(29)27-20-10-5-7-18(13-20)14-25)31-24-26-15-22(19-8-3-2-4-9-19)28(24)16-21-11-6-12-30-21/h2-5,7-10,13,15,17,21H,6,11-12,16H2,1H3,(H,27,29). The van der Waals surface area contributed by atoms with Crippen molar-refractivity contribution >= 4 is 23.4 Å². The van der Waals surface area contributed by atoms with Gasteiger partial charge in [-0.1, -0.05) is 48.2 Å². The van der Waals surface area contributed by atoms with Crippen molar-refractivity contribution in [2.75, 3.05) is 11.9 Å². The molecule has 2 unspecified atom stereocenters. The fraction of sp³-hybridized carbons (Fsp3) is 0.292. The van der Waals surface area contributed by atoms with Crippen LogP contribution in [0.3, 0.4) is 0 Å². The summed E-state index contributed by atoms with van der Waals surface area (Å²) in [6.45, 7) is 3.37. The number of imidazole rings is 1. The molecule has 3 aromatic rings. The largest absolute Gasteiger partial charge is 0.376 e. The molecular formula is C24H24N4O2S. The lowest BCUT2D eigenvalue weighted by Crippen LogP contribution is -2.23. The molecule has 0 radical (unpaired) electrons. The van der Waals surface area contributed by atoms with E-state index in [-0.39, 0.29) is 17.3 Å². The summed E-state index contributed by atoms with van der Waals surface area (Å²) >= 11 is 1.43. The topological polar surface area (TPSA) is 79.9 Å². The van der Waals surface area contributed by atoms with Gasteiger partial charge in [-0.2, -0.15) is 5.26 Å². The Morgan fingerprint density at radius 1 is 1.32 bits per heavy atom. The van der Waals surface area contributed by atoms with E-state index < -0.39 is 0 Å². The molecule has 1 fully saturated rings. The lowest BCUT2D eigenvalue weighted by Gasteiger charge is -2.18. The highest BCUT2D eigenvalue weighted by Crippen LogP contribution is 2.30. The molecule has 4 rings (SSSR count). The Balaban J connectivity index is 1.53. The fourth-order valence-electron chi connectivity index (χ4n) is 3.58. The number of rotatable bonds is 7. The Bertz CT molecular complexity index is 1080. The van der Waals surface area contributed by atoms with Gasteiger partial charge < -0.3 is 14.6 Å². The summed E-state index contributed by atoms with van der Waals surface area (Å²) in [7, 11) is 0. The monoisotopic (exact) mass is 432 g/mol. The third-order valence-corrected chi connectivity index (χ3v) is 6.31. The van der Waals surface area contributed by atoms with Gasteiger partial charge in [0.15, 0.2) is 5.16 Å². The van der Waals surface area contributed by atoms with E-state index in [1.54, 1.807) is 24.3 Å². The number of nitriles is 1. The molecule has 1 aliphatic rings. The van der Waals surface area contributed by atoms with Crippen molar-refractivity contribution in [3.05, 3.63) is 66.4 Å². The van der Waals surface area contributed by atoms with Gasteiger partial charge in [0, 0.05) is 12.3 Å². The number of ether oxygens (including phenoxy) is 1. The quantitative estimate of drug-likeness (QED) is 0.547. The van der Waals surface area contributed by atoms with Gasteiger partial charge >= 0.3 is 0 Å². The first kappa shape index (κ1) is 21.2. The van der Waals surface area contributed by atoms with Crippen LogP contribution in [0.4, 0.5) is 5.69 Å². The van der Waals surface area contributed by atoms with E-state index >= 15 is 0 Å². The molecule has 31 heavy (non-hydrogen) atoms. The lowest BCUT2D eigenvalue weighted by atomic mass is 10.1. The van der Waals surface area contributed by atoms with Gasteiger partial charge in [0.05, 0.1) is 41.4 Å². The number of carbonyl (C=O) groups is 1. The van der Waals surface area contributed by atoms with E-state index in [2.05, 4.69) is 33.1 Å². The molecule has 1 aliphatic heterocycles. The maximum atomic E-state index is 12.8. The first-order valence-electron chi connectivity index (χ1n) is 10.3. The molecule has 2 aromatic carbocycles. The zero-order chi connectivity index (χ0) is 21.6. The molecular weight excluding hydrogens is 408 g/mol. The molecule has 6 nitrogen and oxygen atoms in total. The van der Waals surface area contributed by atoms with E-state index in [0.29, 0.717) is 17.8 Å². The number of aromatic nitrogens is 2. The van der Waals surface area contributed by atoms with Crippen LogP contribution in [-0.4, -0.2) is 33.4 Å². The summed E-state index contributed by atoms with van der Waals surface area (Å²) in [6, 6.07) is 19.1. The molecule has 2 heterocycles. The minimum absolute atomic E-state index is 0.131. The molecule has 1 aromatic heterocycles. The molecule has 7 heteroatoms. The van der Waals surface area contributed by atoms with Gasteiger partial charge in [-0.15, -0.1) is 0 Å². The molecule has 0 saturated carbocycles. The van der Waals surface area contributed by atoms with Crippen LogP contribution in [0.1, 0.15) is 25.3 Å². The second kappa shape index (κ2) is 9.82. The number of thioether (sulfide) groups is 1. The van der Waals surface area contributed by atoms with Crippen molar-refractivity contribution in [3.8, 4) is 17.3 Å². The maximum absolute atomic E-state index is 12.8. The van der Waals surface area contributed by atoms with Crippen molar-refractivity contribution in [1.29, 1.82) is 5.26 Å². The number of amides is 1. The maximum Gasteiger partial charge on any atom is 0.237 e.